The molecule has 1 saturated carbocycles. The lowest BCUT2D eigenvalue weighted by Crippen LogP contribution is -2.62. The smallest absolute Gasteiger partial charge is 0.256 e. The van der Waals surface area contributed by atoms with Crippen LogP contribution < -0.4 is 16.2 Å². The Bertz CT molecular complexity index is 1080. The van der Waals surface area contributed by atoms with Crippen molar-refractivity contribution in [3.05, 3.63) is 53.3 Å². The van der Waals surface area contributed by atoms with Crippen molar-refractivity contribution in [2.45, 2.75) is 31.3 Å². The van der Waals surface area contributed by atoms with Gasteiger partial charge in [-0.05, 0) is 54.2 Å². The van der Waals surface area contributed by atoms with Crippen LogP contribution >= 0.6 is 0 Å². The lowest BCUT2D eigenvalue weighted by Gasteiger charge is -2.43. The second kappa shape index (κ2) is 7.86. The molecular weight excluding hydrogens is 409 g/mol. The lowest BCUT2D eigenvalue weighted by atomic mass is 9.76. The van der Waals surface area contributed by atoms with Crippen LogP contribution in [0.15, 0.2) is 36.4 Å². The Hall–Kier alpha value is -2.97. The van der Waals surface area contributed by atoms with Gasteiger partial charge in [0.25, 0.3) is 5.91 Å². The number of nitrogens with zero attached hydrogens (tertiary/aromatic N) is 3. The molecule has 2 aliphatic heterocycles. The lowest BCUT2D eigenvalue weighted by molar-refractivity contribution is -0.141. The van der Waals surface area contributed by atoms with Crippen LogP contribution in [0.3, 0.4) is 0 Å². The Kier molecular flexibility index (Phi) is 5.14. The average molecular weight is 438 g/mol. The molecule has 1 saturated heterocycles. The zero-order valence-corrected chi connectivity index (χ0v) is 18.2. The molecule has 0 spiro atoms. The van der Waals surface area contributed by atoms with Crippen molar-refractivity contribution in [2.75, 3.05) is 38.2 Å². The number of fused-ring (bicyclic) bond motifs is 1. The Labute approximate surface area is 186 Å². The van der Waals surface area contributed by atoms with Gasteiger partial charge in [0, 0.05) is 39.8 Å². The molecular formula is C24H28FN5O2. The van der Waals surface area contributed by atoms with Gasteiger partial charge in [-0.25, -0.2) is 9.82 Å². The zero-order valence-electron chi connectivity index (χ0n) is 18.2. The Morgan fingerprint density at radius 3 is 2.31 bits per heavy atom. The van der Waals surface area contributed by atoms with E-state index in [0.717, 1.165) is 42.6 Å². The summed E-state index contributed by atoms with van der Waals surface area (Å²) in [5.74, 6) is -0.903. The van der Waals surface area contributed by atoms with E-state index in [-0.39, 0.29) is 17.4 Å². The normalized spacial score (nSPS) is 19.5. The van der Waals surface area contributed by atoms with E-state index in [1.54, 1.807) is 21.9 Å². The molecule has 32 heavy (non-hydrogen) atoms. The van der Waals surface area contributed by atoms with Crippen LogP contribution in [0.2, 0.25) is 0 Å². The third kappa shape index (κ3) is 3.53. The number of carbonyl (C=O) groups is 2. The first-order valence-electron chi connectivity index (χ1n) is 11.1. The van der Waals surface area contributed by atoms with E-state index < -0.39 is 11.4 Å². The Balaban J connectivity index is 1.27. The Morgan fingerprint density at radius 1 is 1.00 bits per heavy atom. The van der Waals surface area contributed by atoms with Crippen molar-refractivity contribution in [2.24, 2.45) is 5.73 Å². The number of anilines is 1. The van der Waals surface area contributed by atoms with Crippen LogP contribution in [-0.2, 0) is 11.3 Å². The zero-order chi connectivity index (χ0) is 22.5. The van der Waals surface area contributed by atoms with Crippen molar-refractivity contribution in [1.82, 2.24) is 15.2 Å². The molecule has 8 heteroatoms. The van der Waals surface area contributed by atoms with Crippen LogP contribution in [0.5, 0.6) is 0 Å². The first-order chi connectivity index (χ1) is 15.4. The van der Waals surface area contributed by atoms with Gasteiger partial charge in [-0.15, -0.1) is 0 Å². The number of piperazine rings is 1. The van der Waals surface area contributed by atoms with Gasteiger partial charge in [-0.1, -0.05) is 18.2 Å². The van der Waals surface area contributed by atoms with Crippen molar-refractivity contribution in [1.29, 1.82) is 0 Å². The van der Waals surface area contributed by atoms with Crippen molar-refractivity contribution in [3.8, 4) is 11.1 Å². The maximum Gasteiger partial charge on any atom is 0.256 e. The molecule has 5 rings (SSSR count). The van der Waals surface area contributed by atoms with Gasteiger partial charge in [0.15, 0.2) is 0 Å². The van der Waals surface area contributed by atoms with Crippen LogP contribution in [0.1, 0.15) is 35.2 Å². The van der Waals surface area contributed by atoms with Crippen LogP contribution in [0.25, 0.3) is 11.1 Å². The molecule has 2 fully saturated rings. The molecule has 3 aliphatic rings. The summed E-state index contributed by atoms with van der Waals surface area (Å²) in [7, 11) is 1.95. The number of benzene rings is 2. The number of hydrazine groups is 1. The minimum absolute atomic E-state index is 0.0263. The second-order valence-electron chi connectivity index (χ2n) is 9.03. The van der Waals surface area contributed by atoms with Crippen molar-refractivity contribution >= 4 is 17.5 Å². The van der Waals surface area contributed by atoms with E-state index in [1.807, 2.05) is 30.3 Å². The molecule has 0 radical (unpaired) electrons. The molecule has 0 atom stereocenters. The monoisotopic (exact) mass is 437 g/mol. The molecule has 2 amide bonds. The highest BCUT2D eigenvalue weighted by molar-refractivity contribution is 5.95. The number of nitrogens with two attached hydrogens (primary N) is 1. The fraction of sp³-hybridized carbons (Fsp3) is 0.417. The number of hydrogen-bond acceptors (Lipinski definition) is 5. The number of rotatable bonds is 3. The van der Waals surface area contributed by atoms with E-state index >= 15 is 0 Å². The minimum Gasteiger partial charge on any atom is -0.338 e. The largest absolute Gasteiger partial charge is 0.338 e. The van der Waals surface area contributed by atoms with E-state index in [0.29, 0.717) is 26.2 Å². The Morgan fingerprint density at radius 2 is 1.66 bits per heavy atom. The van der Waals surface area contributed by atoms with Gasteiger partial charge >= 0.3 is 0 Å². The van der Waals surface area contributed by atoms with Crippen molar-refractivity contribution in [3.63, 3.8) is 0 Å². The molecule has 0 aromatic heterocycles. The molecule has 2 heterocycles. The topological polar surface area (TPSA) is 81.9 Å². The number of carbonyl (C=O) groups excluding carboxylic acids is 2. The standard InChI is InChI=1S/C24H28FN5O2/c1-28-21-14-17(3-4-18(21)15-27-28)16-5-6-19(20(25)13-16)22(31)29-9-11-30(12-10-29)23(32)24(26)7-2-8-24/h3-6,13-14,27H,2,7-12,15,26H2,1H3. The number of amides is 2. The van der Waals surface area contributed by atoms with E-state index in [2.05, 4.69) is 5.43 Å². The second-order valence-corrected chi connectivity index (χ2v) is 9.03. The maximum atomic E-state index is 15.0. The number of hydrogen-bond donors (Lipinski definition) is 2. The summed E-state index contributed by atoms with van der Waals surface area (Å²) in [6.45, 7) is 2.40. The summed E-state index contributed by atoms with van der Waals surface area (Å²) < 4.78 is 15.0. The van der Waals surface area contributed by atoms with E-state index in [9.17, 15) is 14.0 Å². The van der Waals surface area contributed by atoms with Gasteiger partial charge in [-0.3, -0.25) is 9.59 Å². The third-order valence-electron chi connectivity index (χ3n) is 7.01. The summed E-state index contributed by atoms with van der Waals surface area (Å²) in [6, 6.07) is 10.8. The average Bonchev–Trinajstić information content (AvgIpc) is 3.16. The van der Waals surface area contributed by atoms with Gasteiger partial charge in [0.1, 0.15) is 5.82 Å². The highest BCUT2D eigenvalue weighted by atomic mass is 19.1. The minimum atomic E-state index is -0.726. The maximum absolute atomic E-state index is 15.0. The first kappa shape index (κ1) is 20.9. The van der Waals surface area contributed by atoms with Gasteiger partial charge < -0.3 is 20.5 Å². The predicted octanol–water partition coefficient (Wildman–Crippen LogP) is 2.11. The summed E-state index contributed by atoms with van der Waals surface area (Å²) in [4.78, 5) is 28.9. The molecule has 168 valence electrons. The van der Waals surface area contributed by atoms with Crippen molar-refractivity contribution < 1.29 is 14.0 Å². The molecule has 0 bridgehead atoms. The van der Waals surface area contributed by atoms with Crippen LogP contribution in [0, 0.1) is 5.82 Å². The molecule has 2 aromatic carbocycles. The summed E-state index contributed by atoms with van der Waals surface area (Å²) in [6.07, 6.45) is 2.42. The van der Waals surface area contributed by atoms with Gasteiger partial charge in [0.05, 0.1) is 16.8 Å². The molecule has 7 nitrogen and oxygen atoms in total. The highest BCUT2D eigenvalue weighted by Crippen LogP contribution is 2.32. The molecule has 1 aliphatic carbocycles. The fourth-order valence-corrected chi connectivity index (χ4v) is 4.73. The number of nitrogens with one attached hydrogen (secondary N) is 1. The van der Waals surface area contributed by atoms with E-state index in [4.69, 9.17) is 5.73 Å². The number of halogens is 1. The summed E-state index contributed by atoms with van der Waals surface area (Å²) in [5.41, 5.74) is 12.6. The highest BCUT2D eigenvalue weighted by Gasteiger charge is 2.43. The van der Waals surface area contributed by atoms with Gasteiger partial charge in [0.2, 0.25) is 5.91 Å². The first-order valence-corrected chi connectivity index (χ1v) is 11.1. The quantitative estimate of drug-likeness (QED) is 0.769. The third-order valence-corrected chi connectivity index (χ3v) is 7.01. The summed E-state index contributed by atoms with van der Waals surface area (Å²) in [5, 5.41) is 1.95. The predicted molar refractivity (Wildman–Crippen MR) is 120 cm³/mol. The molecule has 0 unspecified atom stereocenters. The SMILES string of the molecule is CN1NCc2ccc(-c3ccc(C(=O)N4CCN(C(=O)C5(N)CCC5)CC4)c(F)c3)cc21. The summed E-state index contributed by atoms with van der Waals surface area (Å²) >= 11 is 0. The van der Waals surface area contributed by atoms with Gasteiger partial charge in [-0.2, -0.15) is 0 Å². The molecule has 3 N–H and O–H groups in total. The van der Waals surface area contributed by atoms with E-state index in [1.165, 1.54) is 11.6 Å². The molecule has 2 aromatic rings. The fourth-order valence-electron chi connectivity index (χ4n) is 4.73. The van der Waals surface area contributed by atoms with Crippen LogP contribution in [0.4, 0.5) is 10.1 Å². The van der Waals surface area contributed by atoms with Crippen LogP contribution in [-0.4, -0.2) is 60.4 Å².